The Morgan fingerprint density at radius 2 is 0.784 bits per heavy atom. The molecule has 0 fully saturated rings. The maximum absolute atomic E-state index is 6.72. The zero-order valence-corrected chi connectivity index (χ0v) is 27.0. The lowest BCUT2D eigenvalue weighted by molar-refractivity contribution is 0.665. The topological polar surface area (TPSA) is 78.1 Å². The summed E-state index contributed by atoms with van der Waals surface area (Å²) in [7, 11) is 0. The lowest BCUT2D eigenvalue weighted by atomic mass is 9.96. The van der Waals surface area contributed by atoms with E-state index in [0.29, 0.717) is 17.5 Å². The summed E-state index contributed by atoms with van der Waals surface area (Å²) < 4.78 is 19.5. The van der Waals surface area contributed by atoms with Crippen LogP contribution in [0.1, 0.15) is 0 Å². The molecule has 0 aliphatic heterocycles. The molecule has 11 aromatic rings. The Balaban J connectivity index is 1.21. The van der Waals surface area contributed by atoms with Crippen molar-refractivity contribution >= 4 is 65.8 Å². The zero-order valence-electron chi connectivity index (χ0n) is 27.0. The van der Waals surface area contributed by atoms with Gasteiger partial charge in [0, 0.05) is 60.1 Å². The normalized spacial score (nSPS) is 11.9. The van der Waals surface area contributed by atoms with E-state index < -0.39 is 0 Å². The number of aromatic nitrogens is 3. The van der Waals surface area contributed by atoms with E-state index in [-0.39, 0.29) is 0 Å². The number of hydrogen-bond acceptors (Lipinski definition) is 6. The molecular weight excluding hydrogens is 631 g/mol. The van der Waals surface area contributed by atoms with Gasteiger partial charge in [-0.25, -0.2) is 15.0 Å². The molecule has 0 aliphatic rings. The van der Waals surface area contributed by atoms with Crippen molar-refractivity contribution in [3.05, 3.63) is 152 Å². The SMILES string of the molecule is c1ccc(-c2nc(-c3cccc4oc5ccccc5c34)nc(-c3ccc(-c4cccc5c4oc4ccccc45)c4oc5ccccc5c34)n2)cc1. The van der Waals surface area contributed by atoms with Crippen molar-refractivity contribution in [3.63, 3.8) is 0 Å². The fraction of sp³-hybridized carbons (Fsp3) is 0. The van der Waals surface area contributed by atoms with Crippen molar-refractivity contribution in [2.24, 2.45) is 0 Å². The molecule has 238 valence electrons. The highest BCUT2D eigenvalue weighted by atomic mass is 16.3. The van der Waals surface area contributed by atoms with Crippen molar-refractivity contribution < 1.29 is 13.3 Å². The fourth-order valence-electron chi connectivity index (χ4n) is 7.48. The van der Waals surface area contributed by atoms with Gasteiger partial charge in [-0.3, -0.25) is 0 Å². The summed E-state index contributed by atoms with van der Waals surface area (Å²) in [6, 6.07) is 50.9. The summed E-state index contributed by atoms with van der Waals surface area (Å²) in [6.07, 6.45) is 0. The molecule has 0 radical (unpaired) electrons. The van der Waals surface area contributed by atoms with Crippen LogP contribution in [0.3, 0.4) is 0 Å². The Morgan fingerprint density at radius 1 is 0.294 bits per heavy atom. The van der Waals surface area contributed by atoms with Crippen molar-refractivity contribution in [2.45, 2.75) is 0 Å². The zero-order chi connectivity index (χ0) is 33.5. The minimum Gasteiger partial charge on any atom is -0.456 e. The van der Waals surface area contributed by atoms with E-state index >= 15 is 0 Å². The highest BCUT2D eigenvalue weighted by molar-refractivity contribution is 6.18. The first kappa shape index (κ1) is 27.9. The van der Waals surface area contributed by atoms with E-state index in [2.05, 4.69) is 54.6 Å². The quantitative estimate of drug-likeness (QED) is 0.188. The maximum atomic E-state index is 6.72. The van der Waals surface area contributed by atoms with E-state index in [4.69, 9.17) is 28.2 Å². The van der Waals surface area contributed by atoms with Crippen LogP contribution in [0.4, 0.5) is 0 Å². The van der Waals surface area contributed by atoms with E-state index in [1.807, 2.05) is 97.1 Å². The van der Waals surface area contributed by atoms with Crippen LogP contribution >= 0.6 is 0 Å². The average molecular weight is 656 g/mol. The summed E-state index contributed by atoms with van der Waals surface area (Å²) in [5.74, 6) is 1.69. The fourth-order valence-corrected chi connectivity index (χ4v) is 7.48. The minimum absolute atomic E-state index is 0.550. The van der Waals surface area contributed by atoms with Crippen LogP contribution in [0.25, 0.3) is 111 Å². The second-order valence-corrected chi connectivity index (χ2v) is 12.7. The van der Waals surface area contributed by atoms with Crippen molar-refractivity contribution in [1.29, 1.82) is 0 Å². The Morgan fingerprint density at radius 3 is 1.57 bits per heavy atom. The second-order valence-electron chi connectivity index (χ2n) is 12.7. The number of benzene rings is 7. The molecule has 0 saturated heterocycles. The second kappa shape index (κ2) is 10.7. The van der Waals surface area contributed by atoms with Gasteiger partial charge in [0.2, 0.25) is 0 Å². The van der Waals surface area contributed by atoms with Crippen LogP contribution in [0, 0.1) is 0 Å². The van der Waals surface area contributed by atoms with Crippen LogP contribution in [0.15, 0.2) is 165 Å². The van der Waals surface area contributed by atoms with E-state index in [9.17, 15) is 0 Å². The third-order valence-electron chi connectivity index (χ3n) is 9.77. The van der Waals surface area contributed by atoms with Crippen LogP contribution < -0.4 is 0 Å². The molecule has 0 amide bonds. The first-order valence-electron chi connectivity index (χ1n) is 16.9. The van der Waals surface area contributed by atoms with Gasteiger partial charge in [-0.15, -0.1) is 0 Å². The molecule has 51 heavy (non-hydrogen) atoms. The average Bonchev–Trinajstić information content (AvgIpc) is 3.89. The van der Waals surface area contributed by atoms with E-state index in [0.717, 1.165) is 93.6 Å². The molecule has 7 aromatic carbocycles. The summed E-state index contributed by atoms with van der Waals surface area (Å²) in [4.78, 5) is 15.5. The smallest absolute Gasteiger partial charge is 0.164 e. The molecule has 4 aromatic heterocycles. The molecule has 0 saturated carbocycles. The third kappa shape index (κ3) is 4.20. The van der Waals surface area contributed by atoms with Crippen LogP contribution in [0.2, 0.25) is 0 Å². The summed E-state index contributed by atoms with van der Waals surface area (Å²) in [5.41, 5.74) is 9.31. The monoisotopic (exact) mass is 655 g/mol. The van der Waals surface area contributed by atoms with Gasteiger partial charge in [0.15, 0.2) is 17.5 Å². The van der Waals surface area contributed by atoms with Gasteiger partial charge in [0.25, 0.3) is 0 Å². The number of nitrogens with zero attached hydrogens (tertiary/aromatic N) is 3. The summed E-state index contributed by atoms with van der Waals surface area (Å²) in [6.45, 7) is 0. The largest absolute Gasteiger partial charge is 0.456 e. The first-order chi connectivity index (χ1) is 25.3. The predicted molar refractivity (Wildman–Crippen MR) is 203 cm³/mol. The van der Waals surface area contributed by atoms with Crippen molar-refractivity contribution in [1.82, 2.24) is 15.0 Å². The Kier molecular flexibility index (Phi) is 5.86. The van der Waals surface area contributed by atoms with Gasteiger partial charge in [-0.05, 0) is 36.4 Å². The van der Waals surface area contributed by atoms with Gasteiger partial charge < -0.3 is 13.3 Å². The van der Waals surface area contributed by atoms with Crippen LogP contribution in [-0.4, -0.2) is 15.0 Å². The number of furan rings is 3. The molecular formula is C45H25N3O3. The number of hydrogen-bond donors (Lipinski definition) is 0. The number of rotatable bonds is 4. The molecule has 4 heterocycles. The Labute approximate surface area is 290 Å². The number of para-hydroxylation sites is 4. The molecule has 6 nitrogen and oxygen atoms in total. The third-order valence-corrected chi connectivity index (χ3v) is 9.77. The van der Waals surface area contributed by atoms with Gasteiger partial charge in [0.05, 0.1) is 0 Å². The highest BCUT2D eigenvalue weighted by Crippen LogP contribution is 2.45. The minimum atomic E-state index is 0.550. The molecule has 0 bridgehead atoms. The van der Waals surface area contributed by atoms with E-state index in [1.165, 1.54) is 0 Å². The molecule has 0 N–H and O–H groups in total. The van der Waals surface area contributed by atoms with Crippen LogP contribution in [-0.2, 0) is 0 Å². The molecule has 11 rings (SSSR count). The summed E-state index contributed by atoms with van der Waals surface area (Å²) in [5, 5.41) is 6.04. The Hall–Kier alpha value is -7.05. The number of fused-ring (bicyclic) bond motifs is 9. The van der Waals surface area contributed by atoms with Gasteiger partial charge in [-0.2, -0.15) is 0 Å². The lowest BCUT2D eigenvalue weighted by Crippen LogP contribution is -2.01. The molecule has 0 unspecified atom stereocenters. The Bertz CT molecular complexity index is 3150. The standard InChI is InChI=1S/C45H25N3O3/c1-2-12-26(13-3-1)43-46-44(33-19-11-23-38-39(33)31-15-5-8-21-36(31)49-38)48-45(47-43)34-25-24-30(42-40(34)32-16-6-9-22-37(32)51-42)29-18-10-17-28-27-14-4-7-20-35(27)50-41(28)29/h1-25H. The first-order valence-corrected chi connectivity index (χ1v) is 16.9. The molecule has 6 heteroatoms. The maximum Gasteiger partial charge on any atom is 0.164 e. The predicted octanol–water partition coefficient (Wildman–Crippen LogP) is 12.2. The van der Waals surface area contributed by atoms with E-state index in [1.54, 1.807) is 0 Å². The molecule has 0 atom stereocenters. The molecule has 0 aliphatic carbocycles. The molecule has 0 spiro atoms. The van der Waals surface area contributed by atoms with Crippen molar-refractivity contribution in [2.75, 3.05) is 0 Å². The highest BCUT2D eigenvalue weighted by Gasteiger charge is 2.23. The van der Waals surface area contributed by atoms with Gasteiger partial charge in [0.1, 0.15) is 33.5 Å². The van der Waals surface area contributed by atoms with Crippen molar-refractivity contribution in [3.8, 4) is 45.3 Å². The lowest BCUT2D eigenvalue weighted by Gasteiger charge is -2.11. The summed E-state index contributed by atoms with van der Waals surface area (Å²) >= 11 is 0. The van der Waals surface area contributed by atoms with Crippen LogP contribution in [0.5, 0.6) is 0 Å². The van der Waals surface area contributed by atoms with Gasteiger partial charge >= 0.3 is 0 Å². The van der Waals surface area contributed by atoms with Gasteiger partial charge in [-0.1, -0.05) is 115 Å².